The third-order valence-corrected chi connectivity index (χ3v) is 4.79. The van der Waals surface area contributed by atoms with Crippen LogP contribution in [0.2, 0.25) is 5.02 Å². The van der Waals surface area contributed by atoms with Crippen LogP contribution in [-0.4, -0.2) is 40.4 Å². The third kappa shape index (κ3) is 4.75. The number of aromatic nitrogens is 2. The monoisotopic (exact) mass is 398 g/mol. The number of aromatic amines is 1. The molecule has 0 saturated carbocycles. The van der Waals surface area contributed by atoms with E-state index in [1.54, 1.807) is 18.2 Å². The van der Waals surface area contributed by atoms with Crippen molar-refractivity contribution in [3.8, 4) is 0 Å². The summed E-state index contributed by atoms with van der Waals surface area (Å²) in [5, 5.41) is 4.31. The second-order valence-corrected chi connectivity index (χ2v) is 6.89. The highest BCUT2D eigenvalue weighted by Crippen LogP contribution is 2.18. The van der Waals surface area contributed by atoms with E-state index in [-0.39, 0.29) is 29.8 Å². The van der Waals surface area contributed by atoms with Crippen molar-refractivity contribution in [1.82, 2.24) is 20.2 Å². The van der Waals surface area contributed by atoms with Crippen LogP contribution in [0.3, 0.4) is 0 Å². The van der Waals surface area contributed by atoms with Crippen LogP contribution < -0.4 is 10.9 Å². The molecule has 26 heavy (non-hydrogen) atoms. The van der Waals surface area contributed by atoms with Crippen molar-refractivity contribution in [2.24, 2.45) is 5.92 Å². The highest BCUT2D eigenvalue weighted by atomic mass is 35.5. The van der Waals surface area contributed by atoms with Crippen molar-refractivity contribution in [3.63, 3.8) is 0 Å². The molecule has 1 amide bonds. The zero-order valence-electron chi connectivity index (χ0n) is 14.8. The van der Waals surface area contributed by atoms with Crippen LogP contribution >= 0.6 is 24.0 Å². The zero-order chi connectivity index (χ0) is 17.8. The Morgan fingerprint density at radius 3 is 2.77 bits per heavy atom. The minimum atomic E-state index is -0.206. The molecule has 0 atom stereocenters. The van der Waals surface area contributed by atoms with Crippen LogP contribution in [0.15, 0.2) is 23.0 Å². The summed E-state index contributed by atoms with van der Waals surface area (Å²) in [5.74, 6) is 0.696. The van der Waals surface area contributed by atoms with Gasteiger partial charge in [-0.25, -0.2) is 4.98 Å². The van der Waals surface area contributed by atoms with Gasteiger partial charge in [-0.1, -0.05) is 18.5 Å². The van der Waals surface area contributed by atoms with E-state index >= 15 is 0 Å². The number of carbonyl (C=O) groups is 1. The molecule has 2 aromatic rings. The summed E-state index contributed by atoms with van der Waals surface area (Å²) < 4.78 is 0. The van der Waals surface area contributed by atoms with Gasteiger partial charge in [-0.15, -0.1) is 12.4 Å². The summed E-state index contributed by atoms with van der Waals surface area (Å²) in [4.78, 5) is 34.2. The van der Waals surface area contributed by atoms with Crippen molar-refractivity contribution in [2.75, 3.05) is 19.6 Å². The van der Waals surface area contributed by atoms with E-state index in [4.69, 9.17) is 11.6 Å². The number of fused-ring (bicyclic) bond motifs is 1. The predicted octanol–water partition coefficient (Wildman–Crippen LogP) is 2.74. The SMILES string of the molecule is CCCN(Cc1nc2cc(Cl)ccc2c(=O)[nH]1)C(=O)C1CCNCC1.Cl. The van der Waals surface area contributed by atoms with Crippen LogP contribution in [0.25, 0.3) is 10.9 Å². The Morgan fingerprint density at radius 2 is 2.08 bits per heavy atom. The Morgan fingerprint density at radius 1 is 1.35 bits per heavy atom. The molecule has 1 fully saturated rings. The largest absolute Gasteiger partial charge is 0.335 e. The molecule has 1 aliphatic rings. The molecule has 1 aliphatic heterocycles. The Balaban J connectivity index is 0.00000243. The summed E-state index contributed by atoms with van der Waals surface area (Å²) in [5.41, 5.74) is 0.347. The van der Waals surface area contributed by atoms with Crippen molar-refractivity contribution < 1.29 is 4.79 Å². The number of benzene rings is 1. The van der Waals surface area contributed by atoms with E-state index < -0.39 is 0 Å². The molecule has 0 bridgehead atoms. The molecule has 0 spiro atoms. The first-order chi connectivity index (χ1) is 12.1. The molecule has 6 nitrogen and oxygen atoms in total. The van der Waals surface area contributed by atoms with Crippen LogP contribution in [0.4, 0.5) is 0 Å². The van der Waals surface area contributed by atoms with Gasteiger partial charge in [-0.2, -0.15) is 0 Å². The first-order valence-electron chi connectivity index (χ1n) is 8.76. The number of rotatable bonds is 5. The maximum Gasteiger partial charge on any atom is 0.258 e. The summed E-state index contributed by atoms with van der Waals surface area (Å²) in [6.45, 7) is 4.76. The highest BCUT2D eigenvalue weighted by molar-refractivity contribution is 6.31. The van der Waals surface area contributed by atoms with E-state index in [2.05, 4.69) is 15.3 Å². The van der Waals surface area contributed by atoms with E-state index in [1.807, 2.05) is 11.8 Å². The molecule has 0 radical (unpaired) electrons. The first-order valence-corrected chi connectivity index (χ1v) is 9.14. The predicted molar refractivity (Wildman–Crippen MR) is 106 cm³/mol. The summed E-state index contributed by atoms with van der Waals surface area (Å²) >= 11 is 6.01. The van der Waals surface area contributed by atoms with Crippen molar-refractivity contribution in [2.45, 2.75) is 32.7 Å². The molecular formula is C18H24Cl2N4O2. The quantitative estimate of drug-likeness (QED) is 0.811. The molecule has 1 aromatic heterocycles. The van der Waals surface area contributed by atoms with Crippen LogP contribution in [-0.2, 0) is 11.3 Å². The number of hydrogen-bond donors (Lipinski definition) is 2. The normalized spacial score (nSPS) is 14.8. The topological polar surface area (TPSA) is 78.1 Å². The Bertz CT molecular complexity index is 818. The molecule has 1 aromatic carbocycles. The Hall–Kier alpha value is -1.63. The van der Waals surface area contributed by atoms with Crippen LogP contribution in [0.1, 0.15) is 32.0 Å². The fraction of sp³-hybridized carbons (Fsp3) is 0.500. The lowest BCUT2D eigenvalue weighted by atomic mass is 9.96. The minimum absolute atomic E-state index is 0. The second-order valence-electron chi connectivity index (χ2n) is 6.46. The number of piperidine rings is 1. The number of nitrogens with one attached hydrogen (secondary N) is 2. The molecule has 2 N–H and O–H groups in total. The van der Waals surface area contributed by atoms with Crippen molar-refractivity contribution in [3.05, 3.63) is 39.4 Å². The van der Waals surface area contributed by atoms with Gasteiger partial charge in [-0.3, -0.25) is 9.59 Å². The number of nitrogens with zero attached hydrogens (tertiary/aromatic N) is 2. The van der Waals surface area contributed by atoms with Gasteiger partial charge in [-0.05, 0) is 50.6 Å². The van der Waals surface area contributed by atoms with Gasteiger partial charge in [0.2, 0.25) is 5.91 Å². The minimum Gasteiger partial charge on any atom is -0.335 e. The fourth-order valence-electron chi connectivity index (χ4n) is 3.28. The summed E-state index contributed by atoms with van der Waals surface area (Å²) in [7, 11) is 0. The highest BCUT2D eigenvalue weighted by Gasteiger charge is 2.26. The van der Waals surface area contributed by atoms with Gasteiger partial charge >= 0.3 is 0 Å². The molecule has 2 heterocycles. The van der Waals surface area contributed by atoms with Gasteiger partial charge in [0.1, 0.15) is 5.82 Å². The number of amides is 1. The van der Waals surface area contributed by atoms with E-state index in [1.165, 1.54) is 0 Å². The molecule has 1 saturated heterocycles. The molecule has 3 rings (SSSR count). The zero-order valence-corrected chi connectivity index (χ0v) is 16.3. The number of halogens is 2. The molecular weight excluding hydrogens is 375 g/mol. The van der Waals surface area contributed by atoms with Crippen molar-refractivity contribution in [1.29, 1.82) is 0 Å². The lowest BCUT2D eigenvalue weighted by molar-refractivity contribution is -0.137. The van der Waals surface area contributed by atoms with Gasteiger partial charge in [0.05, 0.1) is 17.4 Å². The fourth-order valence-corrected chi connectivity index (χ4v) is 3.45. The standard InChI is InChI=1S/C18H23ClN4O2.ClH/c1-2-9-23(18(25)12-5-7-20-8-6-12)11-16-21-15-10-13(19)3-4-14(15)17(24)22-16;/h3-4,10,12,20H,2,5-9,11H2,1H3,(H,21,22,24);1H. The Kier molecular flexibility index (Phi) is 7.43. The lowest BCUT2D eigenvalue weighted by Crippen LogP contribution is -2.41. The van der Waals surface area contributed by atoms with Crippen LogP contribution in [0, 0.1) is 5.92 Å². The van der Waals surface area contributed by atoms with Gasteiger partial charge in [0.15, 0.2) is 0 Å². The van der Waals surface area contributed by atoms with Gasteiger partial charge in [0, 0.05) is 17.5 Å². The van der Waals surface area contributed by atoms with Crippen molar-refractivity contribution >= 4 is 40.8 Å². The third-order valence-electron chi connectivity index (χ3n) is 4.55. The summed E-state index contributed by atoms with van der Waals surface area (Å²) in [6.07, 6.45) is 2.58. The lowest BCUT2D eigenvalue weighted by Gasteiger charge is -2.29. The van der Waals surface area contributed by atoms with E-state index in [9.17, 15) is 9.59 Å². The summed E-state index contributed by atoms with van der Waals surface area (Å²) in [6, 6.07) is 5.01. The number of hydrogen-bond acceptors (Lipinski definition) is 4. The number of carbonyl (C=O) groups excluding carboxylic acids is 1. The second kappa shape index (κ2) is 9.35. The van der Waals surface area contributed by atoms with E-state index in [0.29, 0.717) is 34.8 Å². The van der Waals surface area contributed by atoms with Gasteiger partial charge in [0.25, 0.3) is 5.56 Å². The van der Waals surface area contributed by atoms with Gasteiger partial charge < -0.3 is 15.2 Å². The van der Waals surface area contributed by atoms with E-state index in [0.717, 1.165) is 32.4 Å². The molecule has 8 heteroatoms. The number of H-pyrrole nitrogens is 1. The first kappa shape index (κ1) is 20.7. The van der Waals surface area contributed by atoms with Crippen LogP contribution in [0.5, 0.6) is 0 Å². The molecule has 0 aliphatic carbocycles. The smallest absolute Gasteiger partial charge is 0.258 e. The Labute approximate surface area is 163 Å². The maximum atomic E-state index is 12.9. The average molecular weight is 399 g/mol. The molecule has 142 valence electrons. The average Bonchev–Trinajstić information content (AvgIpc) is 2.61. The maximum absolute atomic E-state index is 12.9. The molecule has 0 unspecified atom stereocenters.